The van der Waals surface area contributed by atoms with Crippen LogP contribution < -0.4 is 5.32 Å². The molecule has 0 radical (unpaired) electrons. The van der Waals surface area contributed by atoms with Crippen molar-refractivity contribution < 1.29 is 0 Å². The Morgan fingerprint density at radius 2 is 2.29 bits per heavy atom. The summed E-state index contributed by atoms with van der Waals surface area (Å²) in [6, 6.07) is 2.89. The van der Waals surface area contributed by atoms with Gasteiger partial charge in [-0.25, -0.2) is 0 Å². The number of hydrogen-bond donors (Lipinski definition) is 1. The van der Waals surface area contributed by atoms with Crippen LogP contribution in [0.5, 0.6) is 0 Å². The van der Waals surface area contributed by atoms with Crippen molar-refractivity contribution in [3.63, 3.8) is 0 Å². The molecule has 0 aliphatic heterocycles. The summed E-state index contributed by atoms with van der Waals surface area (Å²) in [5.41, 5.74) is 1.11. The molecule has 3 unspecified atom stereocenters. The fourth-order valence-corrected chi connectivity index (χ4v) is 4.10. The molecule has 0 spiro atoms. The topological polar surface area (TPSA) is 29.9 Å². The maximum Gasteiger partial charge on any atom is 0.0942 e. The smallest absolute Gasteiger partial charge is 0.0942 e. The lowest BCUT2D eigenvalue weighted by atomic mass is 10.1. The Kier molecular flexibility index (Phi) is 4.15. The average molecular weight is 253 g/mol. The molecule has 1 N–H and O–H groups in total. The SMILES string of the molecule is CCNC1CCC(Sc2cc(C)nn2C)C1C. The van der Waals surface area contributed by atoms with Gasteiger partial charge in [0.05, 0.1) is 10.7 Å². The van der Waals surface area contributed by atoms with E-state index in [1.165, 1.54) is 17.9 Å². The zero-order valence-corrected chi connectivity index (χ0v) is 12.0. The van der Waals surface area contributed by atoms with Crippen LogP contribution in [0.15, 0.2) is 11.1 Å². The number of aryl methyl sites for hydroxylation is 2. The molecule has 1 fully saturated rings. The van der Waals surface area contributed by atoms with Gasteiger partial charge in [0.25, 0.3) is 0 Å². The van der Waals surface area contributed by atoms with Crippen molar-refractivity contribution in [1.82, 2.24) is 15.1 Å². The van der Waals surface area contributed by atoms with Gasteiger partial charge in [-0.05, 0) is 38.3 Å². The van der Waals surface area contributed by atoms with Gasteiger partial charge in [0, 0.05) is 18.3 Å². The first-order chi connectivity index (χ1) is 8.11. The lowest BCUT2D eigenvalue weighted by molar-refractivity contribution is 0.441. The molecule has 1 aromatic heterocycles. The molecule has 3 atom stereocenters. The van der Waals surface area contributed by atoms with Gasteiger partial charge in [-0.1, -0.05) is 13.8 Å². The van der Waals surface area contributed by atoms with Crippen molar-refractivity contribution in [2.75, 3.05) is 6.54 Å². The van der Waals surface area contributed by atoms with Crippen LogP contribution in [0, 0.1) is 12.8 Å². The predicted octanol–water partition coefficient (Wildman–Crippen LogP) is 2.60. The van der Waals surface area contributed by atoms with Crippen LogP contribution >= 0.6 is 11.8 Å². The van der Waals surface area contributed by atoms with Crippen molar-refractivity contribution in [3.8, 4) is 0 Å². The molecule has 2 rings (SSSR count). The van der Waals surface area contributed by atoms with E-state index in [4.69, 9.17) is 0 Å². The highest BCUT2D eigenvalue weighted by molar-refractivity contribution is 7.99. The van der Waals surface area contributed by atoms with Crippen molar-refractivity contribution in [2.24, 2.45) is 13.0 Å². The molecule has 1 aliphatic rings. The summed E-state index contributed by atoms with van der Waals surface area (Å²) in [6.45, 7) is 7.71. The standard InChI is InChI=1S/C13H23N3S/c1-5-14-11-6-7-12(10(11)3)17-13-8-9(2)15-16(13)4/h8,10-12,14H,5-7H2,1-4H3. The highest BCUT2D eigenvalue weighted by Crippen LogP contribution is 2.38. The van der Waals surface area contributed by atoms with E-state index in [9.17, 15) is 0 Å². The van der Waals surface area contributed by atoms with E-state index in [1.807, 2.05) is 23.5 Å². The summed E-state index contributed by atoms with van der Waals surface area (Å²) in [5, 5.41) is 10.0. The summed E-state index contributed by atoms with van der Waals surface area (Å²) in [6.07, 6.45) is 2.62. The Bertz CT molecular complexity index is 375. The quantitative estimate of drug-likeness (QED) is 0.894. The van der Waals surface area contributed by atoms with E-state index < -0.39 is 0 Å². The van der Waals surface area contributed by atoms with Crippen molar-refractivity contribution in [3.05, 3.63) is 11.8 Å². The number of thioether (sulfide) groups is 1. The Balaban J connectivity index is 1.98. The lowest BCUT2D eigenvalue weighted by Crippen LogP contribution is -2.33. The first-order valence-electron chi connectivity index (χ1n) is 6.52. The first-order valence-corrected chi connectivity index (χ1v) is 7.40. The monoisotopic (exact) mass is 253 g/mol. The van der Waals surface area contributed by atoms with Crippen LogP contribution in [-0.4, -0.2) is 27.6 Å². The summed E-state index contributed by atoms with van der Waals surface area (Å²) in [7, 11) is 2.04. The molecule has 4 heteroatoms. The maximum absolute atomic E-state index is 4.41. The van der Waals surface area contributed by atoms with E-state index in [0.717, 1.165) is 23.4 Å². The summed E-state index contributed by atoms with van der Waals surface area (Å²) < 4.78 is 2.01. The van der Waals surface area contributed by atoms with Crippen LogP contribution in [0.25, 0.3) is 0 Å². The van der Waals surface area contributed by atoms with Gasteiger partial charge in [0.1, 0.15) is 0 Å². The largest absolute Gasteiger partial charge is 0.314 e. The second-order valence-electron chi connectivity index (χ2n) is 5.00. The van der Waals surface area contributed by atoms with Crippen molar-refractivity contribution >= 4 is 11.8 Å². The average Bonchev–Trinajstić information content (AvgIpc) is 2.76. The third-order valence-corrected chi connectivity index (χ3v) is 5.27. The summed E-state index contributed by atoms with van der Waals surface area (Å²) >= 11 is 2.00. The lowest BCUT2D eigenvalue weighted by Gasteiger charge is -2.20. The molecule has 1 aliphatic carbocycles. The van der Waals surface area contributed by atoms with Gasteiger partial charge >= 0.3 is 0 Å². The Morgan fingerprint density at radius 1 is 1.53 bits per heavy atom. The Labute approximate surface area is 108 Å². The van der Waals surface area contributed by atoms with Crippen molar-refractivity contribution in [2.45, 2.75) is 49.9 Å². The number of rotatable bonds is 4. The zero-order valence-electron chi connectivity index (χ0n) is 11.2. The van der Waals surface area contributed by atoms with Crippen LogP contribution in [0.1, 0.15) is 32.4 Å². The molecular formula is C13H23N3S. The number of nitrogens with one attached hydrogen (secondary N) is 1. The van der Waals surface area contributed by atoms with E-state index >= 15 is 0 Å². The molecule has 3 nitrogen and oxygen atoms in total. The molecule has 17 heavy (non-hydrogen) atoms. The summed E-state index contributed by atoms with van der Waals surface area (Å²) in [4.78, 5) is 0. The molecule has 1 saturated carbocycles. The van der Waals surface area contributed by atoms with Gasteiger partial charge in [0.15, 0.2) is 0 Å². The normalized spacial score (nSPS) is 28.8. The second kappa shape index (κ2) is 5.44. The van der Waals surface area contributed by atoms with Gasteiger partial charge in [0.2, 0.25) is 0 Å². The molecule has 0 saturated heterocycles. The number of nitrogens with zero attached hydrogens (tertiary/aromatic N) is 2. The molecular weight excluding hydrogens is 230 g/mol. The third kappa shape index (κ3) is 2.86. The van der Waals surface area contributed by atoms with Crippen LogP contribution in [0.3, 0.4) is 0 Å². The maximum atomic E-state index is 4.41. The van der Waals surface area contributed by atoms with Gasteiger partial charge in [-0.3, -0.25) is 4.68 Å². The fraction of sp³-hybridized carbons (Fsp3) is 0.769. The molecule has 1 aromatic rings. The van der Waals surface area contributed by atoms with Gasteiger partial charge in [-0.15, -0.1) is 11.8 Å². The van der Waals surface area contributed by atoms with E-state index in [2.05, 4.69) is 37.3 Å². The minimum Gasteiger partial charge on any atom is -0.314 e. The minimum absolute atomic E-state index is 0.701. The van der Waals surface area contributed by atoms with E-state index in [1.54, 1.807) is 0 Å². The molecule has 96 valence electrons. The Hall–Kier alpha value is -0.480. The van der Waals surface area contributed by atoms with Crippen LogP contribution in [0.2, 0.25) is 0 Å². The molecule has 0 amide bonds. The van der Waals surface area contributed by atoms with Crippen LogP contribution in [0.4, 0.5) is 0 Å². The van der Waals surface area contributed by atoms with Crippen molar-refractivity contribution in [1.29, 1.82) is 0 Å². The number of aromatic nitrogens is 2. The van der Waals surface area contributed by atoms with Gasteiger partial charge < -0.3 is 5.32 Å². The minimum atomic E-state index is 0.701. The first kappa shape index (κ1) is 13.0. The third-order valence-electron chi connectivity index (χ3n) is 3.68. The molecule has 0 bridgehead atoms. The zero-order chi connectivity index (χ0) is 12.4. The second-order valence-corrected chi connectivity index (χ2v) is 6.26. The fourth-order valence-electron chi connectivity index (χ4n) is 2.70. The highest BCUT2D eigenvalue weighted by atomic mass is 32.2. The predicted molar refractivity (Wildman–Crippen MR) is 73.5 cm³/mol. The summed E-state index contributed by atoms with van der Waals surface area (Å²) in [5.74, 6) is 0.746. The van der Waals surface area contributed by atoms with E-state index in [0.29, 0.717) is 6.04 Å². The molecule has 0 aromatic carbocycles. The van der Waals surface area contributed by atoms with E-state index in [-0.39, 0.29) is 0 Å². The molecule has 1 heterocycles. The Morgan fingerprint density at radius 3 is 2.88 bits per heavy atom. The van der Waals surface area contributed by atoms with Gasteiger partial charge in [-0.2, -0.15) is 5.10 Å². The number of hydrogen-bond acceptors (Lipinski definition) is 3. The highest BCUT2D eigenvalue weighted by Gasteiger charge is 2.33. The van der Waals surface area contributed by atoms with Crippen LogP contribution in [-0.2, 0) is 7.05 Å².